The topological polar surface area (TPSA) is 85.8 Å². The number of hydrogen-bond donors (Lipinski definition) is 1. The molecule has 0 bridgehead atoms. The third-order valence-electron chi connectivity index (χ3n) is 4.54. The predicted molar refractivity (Wildman–Crippen MR) is 121 cm³/mol. The van der Waals surface area contributed by atoms with Crippen molar-refractivity contribution in [3.05, 3.63) is 76.9 Å². The fourth-order valence-corrected chi connectivity index (χ4v) is 4.05. The van der Waals surface area contributed by atoms with Gasteiger partial charge < -0.3 is 4.52 Å². The summed E-state index contributed by atoms with van der Waals surface area (Å²) in [5.74, 6) is 0.752. The van der Waals surface area contributed by atoms with E-state index in [1.807, 2.05) is 59.2 Å². The lowest BCUT2D eigenvalue weighted by atomic mass is 10.2. The molecule has 0 radical (unpaired) electrons. The van der Waals surface area contributed by atoms with Gasteiger partial charge >= 0.3 is 0 Å². The Morgan fingerprint density at radius 1 is 1.16 bits per heavy atom. The van der Waals surface area contributed by atoms with Crippen molar-refractivity contribution in [2.75, 3.05) is 5.32 Å². The fraction of sp³-hybridized carbons (Fsp3) is 0.182. The Labute approximate surface area is 188 Å². The van der Waals surface area contributed by atoms with Gasteiger partial charge in [0.15, 0.2) is 11.0 Å². The third-order valence-corrected chi connectivity index (χ3v) is 5.95. The van der Waals surface area contributed by atoms with Crippen LogP contribution in [-0.2, 0) is 11.3 Å². The number of nitrogens with zero attached hydrogens (tertiary/aromatic N) is 4. The van der Waals surface area contributed by atoms with E-state index >= 15 is 0 Å². The summed E-state index contributed by atoms with van der Waals surface area (Å²) in [5.41, 5.74) is 2.57. The van der Waals surface area contributed by atoms with Crippen molar-refractivity contribution in [1.29, 1.82) is 0 Å². The van der Waals surface area contributed by atoms with E-state index in [4.69, 9.17) is 16.1 Å². The van der Waals surface area contributed by atoms with Crippen LogP contribution in [0.25, 0.3) is 11.4 Å². The smallest absolute Gasteiger partial charge is 0.240 e. The van der Waals surface area contributed by atoms with Crippen LogP contribution >= 0.6 is 23.4 Å². The number of aromatic nitrogens is 4. The van der Waals surface area contributed by atoms with E-state index in [9.17, 15) is 4.79 Å². The summed E-state index contributed by atoms with van der Waals surface area (Å²) < 4.78 is 7.05. The minimum atomic E-state index is -0.441. The van der Waals surface area contributed by atoms with Crippen LogP contribution in [0.1, 0.15) is 18.2 Å². The number of hydrogen-bond acceptors (Lipinski definition) is 6. The minimum Gasteiger partial charge on any atom is -0.338 e. The van der Waals surface area contributed by atoms with Gasteiger partial charge in [0.2, 0.25) is 11.8 Å². The Bertz CT molecular complexity index is 1190. The highest BCUT2D eigenvalue weighted by Gasteiger charge is 2.22. The zero-order valence-electron chi connectivity index (χ0n) is 16.9. The van der Waals surface area contributed by atoms with Gasteiger partial charge in [0.05, 0.1) is 22.5 Å². The van der Waals surface area contributed by atoms with Gasteiger partial charge in [-0.25, -0.2) is 0 Å². The number of carbonyl (C=O) groups excluding carboxylic acids is 1. The second kappa shape index (κ2) is 9.36. The third kappa shape index (κ3) is 4.98. The molecule has 4 aromatic rings. The van der Waals surface area contributed by atoms with Gasteiger partial charge in [-0.2, -0.15) is 0 Å². The Hall–Kier alpha value is -3.10. The van der Waals surface area contributed by atoms with Crippen LogP contribution in [0.5, 0.6) is 0 Å². The Morgan fingerprint density at radius 3 is 2.61 bits per heavy atom. The summed E-state index contributed by atoms with van der Waals surface area (Å²) in [6.45, 7) is 4.14. The Kier molecular flexibility index (Phi) is 6.39. The first kappa shape index (κ1) is 21.1. The summed E-state index contributed by atoms with van der Waals surface area (Å²) in [4.78, 5) is 12.6. The van der Waals surface area contributed by atoms with Gasteiger partial charge in [-0.3, -0.25) is 14.7 Å². The molecule has 0 aliphatic carbocycles. The summed E-state index contributed by atoms with van der Waals surface area (Å²) in [5, 5.41) is 16.0. The number of anilines is 1. The van der Waals surface area contributed by atoms with Crippen molar-refractivity contribution >= 4 is 35.2 Å². The molecule has 0 spiro atoms. The largest absolute Gasteiger partial charge is 0.338 e. The highest BCUT2D eigenvalue weighted by atomic mass is 35.5. The molecule has 0 aliphatic rings. The number of aryl methyl sites for hydroxylation is 1. The molecule has 1 amide bonds. The lowest BCUT2D eigenvalue weighted by Gasteiger charge is -2.13. The maximum atomic E-state index is 12.6. The number of amides is 1. The molecular formula is C22H20ClN5O2S. The molecular weight excluding hydrogens is 434 g/mol. The average molecular weight is 454 g/mol. The van der Waals surface area contributed by atoms with Gasteiger partial charge in [0, 0.05) is 11.6 Å². The van der Waals surface area contributed by atoms with E-state index in [-0.39, 0.29) is 5.91 Å². The first-order chi connectivity index (χ1) is 15.0. The monoisotopic (exact) mass is 453 g/mol. The number of thioether (sulfide) groups is 1. The van der Waals surface area contributed by atoms with E-state index < -0.39 is 5.25 Å². The summed E-state index contributed by atoms with van der Waals surface area (Å²) in [6, 6.07) is 19.2. The van der Waals surface area contributed by atoms with Gasteiger partial charge in [-0.05, 0) is 31.5 Å². The van der Waals surface area contributed by atoms with Crippen LogP contribution in [0.3, 0.4) is 0 Å². The molecule has 4 rings (SSSR count). The minimum absolute atomic E-state index is 0.213. The average Bonchev–Trinajstić information content (AvgIpc) is 3.35. The van der Waals surface area contributed by atoms with Gasteiger partial charge in [-0.15, -0.1) is 10.2 Å². The van der Waals surface area contributed by atoms with Crippen LogP contribution in [-0.4, -0.2) is 31.1 Å². The molecule has 2 aromatic carbocycles. The van der Waals surface area contributed by atoms with Crippen molar-refractivity contribution in [2.45, 2.75) is 30.8 Å². The fourth-order valence-electron chi connectivity index (χ4n) is 2.98. The van der Waals surface area contributed by atoms with E-state index in [1.165, 1.54) is 11.8 Å². The zero-order valence-corrected chi connectivity index (χ0v) is 18.5. The highest BCUT2D eigenvalue weighted by Crippen LogP contribution is 2.31. The number of halogens is 1. The molecule has 31 heavy (non-hydrogen) atoms. The Balaban J connectivity index is 1.62. The molecule has 2 heterocycles. The molecule has 1 N–H and O–H groups in total. The van der Waals surface area contributed by atoms with Crippen LogP contribution in [0.4, 0.5) is 5.88 Å². The molecule has 0 saturated carbocycles. The van der Waals surface area contributed by atoms with Crippen LogP contribution in [0.15, 0.2) is 70.3 Å². The number of rotatable bonds is 7. The summed E-state index contributed by atoms with van der Waals surface area (Å²) in [6.07, 6.45) is 0. The highest BCUT2D eigenvalue weighted by molar-refractivity contribution is 8.00. The molecule has 1 unspecified atom stereocenters. The van der Waals surface area contributed by atoms with E-state index in [2.05, 4.69) is 20.7 Å². The van der Waals surface area contributed by atoms with Crippen molar-refractivity contribution in [3.63, 3.8) is 0 Å². The molecule has 0 aliphatic heterocycles. The lowest BCUT2D eigenvalue weighted by Crippen LogP contribution is -2.22. The SMILES string of the molecule is Cc1cc(NC(=O)C(C)Sc2nnc(-c3ccccc3Cl)n2Cc2ccccc2)on1. The van der Waals surface area contributed by atoms with Gasteiger partial charge in [0.1, 0.15) is 0 Å². The van der Waals surface area contributed by atoms with Crippen molar-refractivity contribution in [2.24, 2.45) is 0 Å². The molecule has 0 fully saturated rings. The predicted octanol–water partition coefficient (Wildman–Crippen LogP) is 5.06. The van der Waals surface area contributed by atoms with Crippen molar-refractivity contribution < 1.29 is 9.32 Å². The van der Waals surface area contributed by atoms with Gasteiger partial charge in [-0.1, -0.05) is 71.0 Å². The van der Waals surface area contributed by atoms with Gasteiger partial charge in [0.25, 0.3) is 0 Å². The maximum absolute atomic E-state index is 12.6. The second-order valence-corrected chi connectivity index (χ2v) is 8.65. The number of benzene rings is 2. The summed E-state index contributed by atoms with van der Waals surface area (Å²) in [7, 11) is 0. The van der Waals surface area contributed by atoms with Crippen LogP contribution in [0.2, 0.25) is 5.02 Å². The van der Waals surface area contributed by atoms with E-state index in [0.29, 0.717) is 34.1 Å². The first-order valence-corrected chi connectivity index (χ1v) is 10.9. The Morgan fingerprint density at radius 2 is 1.90 bits per heavy atom. The summed E-state index contributed by atoms with van der Waals surface area (Å²) >= 11 is 7.74. The quantitative estimate of drug-likeness (QED) is 0.393. The molecule has 1 atom stereocenters. The number of carbonyl (C=O) groups is 1. The van der Waals surface area contributed by atoms with Crippen molar-refractivity contribution in [3.8, 4) is 11.4 Å². The first-order valence-electron chi connectivity index (χ1n) is 9.64. The standard InChI is InChI=1S/C22H20ClN5O2S/c1-14-12-19(30-27-14)24-21(29)15(2)31-22-26-25-20(17-10-6-7-11-18(17)23)28(22)13-16-8-4-3-5-9-16/h3-12,15H,13H2,1-2H3,(H,24,29). The second-order valence-electron chi connectivity index (χ2n) is 6.94. The maximum Gasteiger partial charge on any atom is 0.240 e. The normalized spacial score (nSPS) is 12.0. The zero-order chi connectivity index (χ0) is 21.8. The van der Waals surface area contributed by atoms with Crippen molar-refractivity contribution in [1.82, 2.24) is 19.9 Å². The lowest BCUT2D eigenvalue weighted by molar-refractivity contribution is -0.115. The molecule has 9 heteroatoms. The molecule has 0 saturated heterocycles. The molecule has 2 aromatic heterocycles. The molecule has 7 nitrogen and oxygen atoms in total. The molecule has 158 valence electrons. The van der Waals surface area contributed by atoms with Crippen LogP contribution in [0, 0.1) is 6.92 Å². The number of nitrogens with one attached hydrogen (secondary N) is 1. The van der Waals surface area contributed by atoms with E-state index in [1.54, 1.807) is 19.9 Å². The van der Waals surface area contributed by atoms with Crippen LogP contribution < -0.4 is 5.32 Å². The van der Waals surface area contributed by atoms with E-state index in [0.717, 1.165) is 11.1 Å².